The zero-order valence-corrected chi connectivity index (χ0v) is 11.6. The average molecular weight is 259 g/mol. The summed E-state index contributed by atoms with van der Waals surface area (Å²) in [6.45, 7) is 6.15. The first-order valence-electron chi connectivity index (χ1n) is 5.62. The lowest BCUT2D eigenvalue weighted by molar-refractivity contribution is -0.137. The lowest BCUT2D eigenvalue weighted by Crippen LogP contribution is -2.45. The van der Waals surface area contributed by atoms with E-state index in [9.17, 15) is 9.59 Å². The Morgan fingerprint density at radius 3 is 2.29 bits per heavy atom. The number of nitrogens with zero attached hydrogens (tertiary/aromatic N) is 1. The monoisotopic (exact) mass is 259 g/mol. The molecule has 0 fully saturated rings. The van der Waals surface area contributed by atoms with Crippen molar-refractivity contribution in [1.82, 2.24) is 10.2 Å². The molecule has 0 aromatic rings. The fourth-order valence-electron chi connectivity index (χ4n) is 1.52. The Labute approximate surface area is 108 Å². The van der Waals surface area contributed by atoms with Crippen molar-refractivity contribution >= 4 is 29.0 Å². The van der Waals surface area contributed by atoms with Crippen LogP contribution in [0, 0.1) is 11.8 Å². The second-order valence-corrected chi connectivity index (χ2v) is 4.74. The Bertz CT molecular complexity index is 305. The van der Waals surface area contributed by atoms with E-state index < -0.39 is 5.92 Å². The molecule has 0 spiro atoms. The van der Waals surface area contributed by atoms with Gasteiger partial charge < -0.3 is 16.0 Å². The summed E-state index contributed by atoms with van der Waals surface area (Å²) in [5.41, 5.74) is 5.55. The van der Waals surface area contributed by atoms with E-state index in [1.807, 2.05) is 20.8 Å². The normalized spacial score (nSPS) is 12.1. The number of hydrogen-bond donors (Lipinski definition) is 2. The SMILES string of the molecule is CCNC(=O)CN(C)C(=O)C(C(N)=S)C(C)C. The summed E-state index contributed by atoms with van der Waals surface area (Å²) in [7, 11) is 1.57. The molecule has 0 bridgehead atoms. The van der Waals surface area contributed by atoms with E-state index in [0.717, 1.165) is 0 Å². The molecule has 98 valence electrons. The van der Waals surface area contributed by atoms with Gasteiger partial charge in [-0.3, -0.25) is 9.59 Å². The lowest BCUT2D eigenvalue weighted by Gasteiger charge is -2.25. The number of nitrogens with one attached hydrogen (secondary N) is 1. The minimum absolute atomic E-state index is 0.0247. The standard InChI is InChI=1S/C11H21N3O2S/c1-5-13-8(15)6-14(4)11(16)9(7(2)3)10(12)17/h7,9H,5-6H2,1-4H3,(H2,12,17)(H,13,15). The second kappa shape index (κ2) is 7.21. The fraction of sp³-hybridized carbons (Fsp3) is 0.727. The number of carbonyl (C=O) groups is 2. The maximum atomic E-state index is 12.0. The molecule has 3 N–H and O–H groups in total. The van der Waals surface area contributed by atoms with Gasteiger partial charge in [-0.2, -0.15) is 0 Å². The van der Waals surface area contributed by atoms with E-state index in [2.05, 4.69) is 5.32 Å². The van der Waals surface area contributed by atoms with E-state index in [4.69, 9.17) is 18.0 Å². The van der Waals surface area contributed by atoms with Crippen molar-refractivity contribution < 1.29 is 9.59 Å². The van der Waals surface area contributed by atoms with E-state index >= 15 is 0 Å². The summed E-state index contributed by atoms with van der Waals surface area (Å²) in [6, 6.07) is 0. The molecule has 2 amide bonds. The molecule has 1 unspecified atom stereocenters. The highest BCUT2D eigenvalue weighted by Gasteiger charge is 2.28. The van der Waals surface area contributed by atoms with Crippen molar-refractivity contribution in [3.63, 3.8) is 0 Å². The molecule has 6 heteroatoms. The number of likely N-dealkylation sites (N-methyl/N-ethyl adjacent to an activating group) is 2. The third kappa shape index (κ3) is 5.12. The van der Waals surface area contributed by atoms with Crippen LogP contribution in [0.25, 0.3) is 0 Å². The van der Waals surface area contributed by atoms with E-state index in [-0.39, 0.29) is 29.3 Å². The Hall–Kier alpha value is -1.17. The molecule has 0 aliphatic heterocycles. The Balaban J connectivity index is 4.56. The van der Waals surface area contributed by atoms with Crippen molar-refractivity contribution in [2.45, 2.75) is 20.8 Å². The van der Waals surface area contributed by atoms with Gasteiger partial charge in [-0.1, -0.05) is 26.1 Å². The molecule has 17 heavy (non-hydrogen) atoms. The molecule has 0 rings (SSSR count). The third-order valence-corrected chi connectivity index (χ3v) is 2.62. The van der Waals surface area contributed by atoms with E-state index in [1.54, 1.807) is 7.05 Å². The van der Waals surface area contributed by atoms with Gasteiger partial charge in [-0.15, -0.1) is 0 Å². The smallest absolute Gasteiger partial charge is 0.239 e. The molecule has 0 aliphatic carbocycles. The van der Waals surface area contributed by atoms with E-state index in [1.165, 1.54) is 4.90 Å². The molecule has 0 aromatic carbocycles. The van der Waals surface area contributed by atoms with Crippen LogP contribution in [0.5, 0.6) is 0 Å². The maximum absolute atomic E-state index is 12.0. The van der Waals surface area contributed by atoms with Crippen molar-refractivity contribution in [2.24, 2.45) is 17.6 Å². The number of hydrogen-bond acceptors (Lipinski definition) is 3. The van der Waals surface area contributed by atoms with Crippen LogP contribution in [0.4, 0.5) is 0 Å². The van der Waals surface area contributed by atoms with Crippen LogP contribution in [-0.2, 0) is 9.59 Å². The minimum atomic E-state index is -0.510. The summed E-state index contributed by atoms with van der Waals surface area (Å²) in [4.78, 5) is 24.9. The van der Waals surface area contributed by atoms with Gasteiger partial charge in [0.15, 0.2) is 0 Å². The van der Waals surface area contributed by atoms with Crippen LogP contribution in [0.3, 0.4) is 0 Å². The molecule has 0 saturated carbocycles. The van der Waals surface area contributed by atoms with Gasteiger partial charge in [0.25, 0.3) is 0 Å². The quantitative estimate of drug-likeness (QED) is 0.665. The predicted molar refractivity (Wildman–Crippen MR) is 71.4 cm³/mol. The van der Waals surface area contributed by atoms with Gasteiger partial charge in [0.2, 0.25) is 11.8 Å². The molecular weight excluding hydrogens is 238 g/mol. The first-order valence-corrected chi connectivity index (χ1v) is 6.03. The van der Waals surface area contributed by atoms with Gasteiger partial charge in [0.1, 0.15) is 0 Å². The number of rotatable bonds is 6. The Morgan fingerprint density at radius 1 is 1.41 bits per heavy atom. The second-order valence-electron chi connectivity index (χ2n) is 4.27. The zero-order valence-electron chi connectivity index (χ0n) is 10.8. The molecular formula is C11H21N3O2S. The topological polar surface area (TPSA) is 75.4 Å². The zero-order chi connectivity index (χ0) is 13.6. The first-order chi connectivity index (χ1) is 7.81. The van der Waals surface area contributed by atoms with Gasteiger partial charge >= 0.3 is 0 Å². The first kappa shape index (κ1) is 15.8. The third-order valence-electron chi connectivity index (χ3n) is 2.37. The highest BCUT2D eigenvalue weighted by molar-refractivity contribution is 7.80. The molecule has 1 atom stereocenters. The molecule has 0 heterocycles. The summed E-state index contributed by atoms with van der Waals surface area (Å²) >= 11 is 4.88. The molecule has 5 nitrogen and oxygen atoms in total. The number of carbonyl (C=O) groups excluding carboxylic acids is 2. The van der Waals surface area contributed by atoms with Crippen LogP contribution in [0.15, 0.2) is 0 Å². The molecule has 0 saturated heterocycles. The number of nitrogens with two attached hydrogens (primary N) is 1. The van der Waals surface area contributed by atoms with Gasteiger partial charge in [-0.25, -0.2) is 0 Å². The van der Waals surface area contributed by atoms with Crippen LogP contribution < -0.4 is 11.1 Å². The highest BCUT2D eigenvalue weighted by atomic mass is 32.1. The van der Waals surface area contributed by atoms with Crippen molar-refractivity contribution in [2.75, 3.05) is 20.1 Å². The van der Waals surface area contributed by atoms with E-state index in [0.29, 0.717) is 6.54 Å². The summed E-state index contributed by atoms with van der Waals surface area (Å²) in [6.07, 6.45) is 0. The molecule has 0 radical (unpaired) electrons. The van der Waals surface area contributed by atoms with Crippen molar-refractivity contribution in [3.05, 3.63) is 0 Å². The van der Waals surface area contributed by atoms with Crippen molar-refractivity contribution in [1.29, 1.82) is 0 Å². The number of thiocarbonyl (C=S) groups is 1. The van der Waals surface area contributed by atoms with Crippen molar-refractivity contribution in [3.8, 4) is 0 Å². The predicted octanol–water partition coefficient (Wildman–Crippen LogP) is 0.139. The van der Waals surface area contributed by atoms with Crippen LogP contribution in [0.1, 0.15) is 20.8 Å². The maximum Gasteiger partial charge on any atom is 0.239 e. The van der Waals surface area contributed by atoms with Crippen LogP contribution >= 0.6 is 12.2 Å². The summed E-state index contributed by atoms with van der Waals surface area (Å²) < 4.78 is 0. The molecule has 0 aromatic heterocycles. The highest BCUT2D eigenvalue weighted by Crippen LogP contribution is 2.14. The summed E-state index contributed by atoms with van der Waals surface area (Å²) in [5.74, 6) is -0.881. The van der Waals surface area contributed by atoms with Gasteiger partial charge in [0.05, 0.1) is 17.5 Å². The van der Waals surface area contributed by atoms with Crippen LogP contribution in [-0.4, -0.2) is 41.8 Å². The fourth-order valence-corrected chi connectivity index (χ4v) is 1.89. The number of amides is 2. The molecule has 0 aliphatic rings. The average Bonchev–Trinajstić information content (AvgIpc) is 2.16. The summed E-state index contributed by atoms with van der Waals surface area (Å²) in [5, 5.41) is 2.63. The Morgan fingerprint density at radius 2 is 1.94 bits per heavy atom. The lowest BCUT2D eigenvalue weighted by atomic mass is 9.94. The Kier molecular flexibility index (Phi) is 6.72. The van der Waals surface area contributed by atoms with Gasteiger partial charge in [-0.05, 0) is 12.8 Å². The largest absolute Gasteiger partial charge is 0.393 e. The minimum Gasteiger partial charge on any atom is -0.393 e. The van der Waals surface area contributed by atoms with Crippen LogP contribution in [0.2, 0.25) is 0 Å². The van der Waals surface area contributed by atoms with Gasteiger partial charge in [0, 0.05) is 13.6 Å².